The molecule has 1 fully saturated rings. The standard InChI is InChI=1S/C17H22ClNO2/c1-11-8-12-15(18)13(9-14(20-2)16(12)21-11)17(10-19)6-4-3-5-7-17/h8-9H,3-7,10,19H2,1-2H3. The first-order valence-corrected chi connectivity index (χ1v) is 7.96. The summed E-state index contributed by atoms with van der Waals surface area (Å²) < 4.78 is 11.3. The van der Waals surface area contributed by atoms with Gasteiger partial charge in [0.15, 0.2) is 11.3 Å². The van der Waals surface area contributed by atoms with Crippen LogP contribution < -0.4 is 10.5 Å². The summed E-state index contributed by atoms with van der Waals surface area (Å²) in [7, 11) is 1.67. The highest BCUT2D eigenvalue weighted by Crippen LogP contribution is 2.46. The molecule has 0 atom stereocenters. The van der Waals surface area contributed by atoms with E-state index in [9.17, 15) is 0 Å². The van der Waals surface area contributed by atoms with Gasteiger partial charge in [0.1, 0.15) is 5.76 Å². The van der Waals surface area contributed by atoms with Crippen molar-refractivity contribution in [3.8, 4) is 5.75 Å². The van der Waals surface area contributed by atoms with Crippen molar-refractivity contribution in [1.29, 1.82) is 0 Å². The largest absolute Gasteiger partial charge is 0.493 e. The van der Waals surface area contributed by atoms with E-state index in [-0.39, 0.29) is 5.41 Å². The molecule has 2 aromatic rings. The number of hydrogen-bond acceptors (Lipinski definition) is 3. The lowest BCUT2D eigenvalue weighted by Crippen LogP contribution is -2.37. The van der Waals surface area contributed by atoms with Gasteiger partial charge in [-0.25, -0.2) is 0 Å². The van der Waals surface area contributed by atoms with E-state index < -0.39 is 0 Å². The van der Waals surface area contributed by atoms with Crippen LogP contribution >= 0.6 is 11.6 Å². The second-order valence-corrected chi connectivity index (χ2v) is 6.46. The van der Waals surface area contributed by atoms with Crippen LogP contribution in [0.2, 0.25) is 5.02 Å². The van der Waals surface area contributed by atoms with Crippen molar-refractivity contribution in [3.63, 3.8) is 0 Å². The molecule has 4 heteroatoms. The van der Waals surface area contributed by atoms with Gasteiger partial charge in [-0.15, -0.1) is 0 Å². The van der Waals surface area contributed by atoms with Crippen LogP contribution in [0.25, 0.3) is 11.0 Å². The van der Waals surface area contributed by atoms with Gasteiger partial charge in [0.25, 0.3) is 0 Å². The van der Waals surface area contributed by atoms with Crippen molar-refractivity contribution in [1.82, 2.24) is 0 Å². The molecule has 0 bridgehead atoms. The van der Waals surface area contributed by atoms with Gasteiger partial charge >= 0.3 is 0 Å². The lowest BCUT2D eigenvalue weighted by Gasteiger charge is -2.37. The maximum absolute atomic E-state index is 6.71. The predicted molar refractivity (Wildman–Crippen MR) is 86.3 cm³/mol. The smallest absolute Gasteiger partial charge is 0.177 e. The Morgan fingerprint density at radius 3 is 2.62 bits per heavy atom. The molecule has 3 rings (SSSR count). The number of aryl methyl sites for hydroxylation is 1. The fourth-order valence-corrected chi connectivity index (χ4v) is 4.01. The van der Waals surface area contributed by atoms with Gasteiger partial charge in [0.05, 0.1) is 12.1 Å². The van der Waals surface area contributed by atoms with Crippen molar-refractivity contribution in [2.24, 2.45) is 5.73 Å². The third-order valence-corrected chi connectivity index (χ3v) is 5.23. The Labute approximate surface area is 130 Å². The van der Waals surface area contributed by atoms with Crippen molar-refractivity contribution in [3.05, 3.63) is 28.5 Å². The van der Waals surface area contributed by atoms with Gasteiger partial charge < -0.3 is 14.9 Å². The molecule has 1 aliphatic carbocycles. The lowest BCUT2D eigenvalue weighted by molar-refractivity contribution is 0.300. The van der Waals surface area contributed by atoms with Crippen molar-refractivity contribution >= 4 is 22.6 Å². The molecule has 0 amide bonds. The molecule has 0 spiro atoms. The minimum absolute atomic E-state index is 0.0258. The van der Waals surface area contributed by atoms with Crippen LogP contribution in [0.4, 0.5) is 0 Å². The van der Waals surface area contributed by atoms with Gasteiger partial charge in [0.2, 0.25) is 0 Å². The molecule has 1 aromatic heterocycles. The second kappa shape index (κ2) is 5.54. The molecule has 1 aromatic carbocycles. The van der Waals surface area contributed by atoms with E-state index in [0.29, 0.717) is 6.54 Å². The molecular formula is C17H22ClNO2. The first-order valence-electron chi connectivity index (χ1n) is 7.58. The van der Waals surface area contributed by atoms with E-state index in [1.54, 1.807) is 7.11 Å². The SMILES string of the molecule is COc1cc(C2(CN)CCCCC2)c(Cl)c2cc(C)oc12. The second-order valence-electron chi connectivity index (χ2n) is 6.09. The summed E-state index contributed by atoms with van der Waals surface area (Å²) in [5.74, 6) is 1.59. The molecule has 0 unspecified atom stereocenters. The third kappa shape index (κ3) is 2.33. The third-order valence-electron chi connectivity index (χ3n) is 4.82. The molecule has 1 heterocycles. The number of furan rings is 1. The summed E-state index contributed by atoms with van der Waals surface area (Å²) >= 11 is 6.71. The summed E-state index contributed by atoms with van der Waals surface area (Å²) in [4.78, 5) is 0. The molecular weight excluding hydrogens is 286 g/mol. The highest BCUT2D eigenvalue weighted by Gasteiger charge is 2.36. The number of rotatable bonds is 3. The monoisotopic (exact) mass is 307 g/mol. The zero-order valence-electron chi connectivity index (χ0n) is 12.7. The van der Waals surface area contributed by atoms with Gasteiger partial charge in [-0.1, -0.05) is 30.9 Å². The van der Waals surface area contributed by atoms with E-state index in [0.717, 1.165) is 45.9 Å². The Kier molecular flexibility index (Phi) is 3.89. The van der Waals surface area contributed by atoms with Crippen molar-refractivity contribution < 1.29 is 9.15 Å². The number of hydrogen-bond donors (Lipinski definition) is 1. The van der Waals surface area contributed by atoms with E-state index in [1.807, 2.05) is 19.1 Å². The van der Waals surface area contributed by atoms with Gasteiger partial charge in [-0.2, -0.15) is 0 Å². The quantitative estimate of drug-likeness (QED) is 0.904. The molecule has 0 radical (unpaired) electrons. The molecule has 1 aliphatic rings. The number of fused-ring (bicyclic) bond motifs is 1. The lowest BCUT2D eigenvalue weighted by atomic mass is 9.69. The normalized spacial score (nSPS) is 18.1. The predicted octanol–water partition coefficient (Wildman–Crippen LogP) is 4.56. The number of halogens is 1. The van der Waals surface area contributed by atoms with Gasteiger partial charge in [-0.3, -0.25) is 0 Å². The minimum atomic E-state index is -0.0258. The van der Waals surface area contributed by atoms with Crippen LogP contribution in [0, 0.1) is 6.92 Å². The highest BCUT2D eigenvalue weighted by molar-refractivity contribution is 6.36. The number of methoxy groups -OCH3 is 1. The number of ether oxygens (including phenoxy) is 1. The summed E-state index contributed by atoms with van der Waals surface area (Å²) in [5.41, 5.74) is 7.98. The van der Waals surface area contributed by atoms with Crippen molar-refractivity contribution in [2.75, 3.05) is 13.7 Å². The molecule has 21 heavy (non-hydrogen) atoms. The van der Waals surface area contributed by atoms with Crippen LogP contribution in [0.15, 0.2) is 16.5 Å². The number of benzene rings is 1. The van der Waals surface area contributed by atoms with E-state index >= 15 is 0 Å². The Bertz CT molecular complexity index is 656. The number of nitrogens with two attached hydrogens (primary N) is 1. The Morgan fingerprint density at radius 1 is 1.29 bits per heavy atom. The fourth-order valence-electron chi connectivity index (χ4n) is 3.61. The first-order chi connectivity index (χ1) is 10.1. The van der Waals surface area contributed by atoms with E-state index in [2.05, 4.69) is 0 Å². The fraction of sp³-hybridized carbons (Fsp3) is 0.529. The van der Waals surface area contributed by atoms with E-state index in [1.165, 1.54) is 19.3 Å². The van der Waals surface area contributed by atoms with Gasteiger partial charge in [0, 0.05) is 17.3 Å². The molecule has 0 aliphatic heterocycles. The van der Waals surface area contributed by atoms with Crippen LogP contribution in [0.1, 0.15) is 43.4 Å². The van der Waals surface area contributed by atoms with Crippen LogP contribution in [-0.4, -0.2) is 13.7 Å². The average Bonchev–Trinajstić information content (AvgIpc) is 2.91. The Morgan fingerprint density at radius 2 is 2.00 bits per heavy atom. The zero-order valence-corrected chi connectivity index (χ0v) is 13.4. The summed E-state index contributed by atoms with van der Waals surface area (Å²) in [6.07, 6.45) is 5.88. The topological polar surface area (TPSA) is 48.4 Å². The molecule has 114 valence electrons. The van der Waals surface area contributed by atoms with Crippen LogP contribution in [0.5, 0.6) is 5.75 Å². The molecule has 1 saturated carbocycles. The molecule has 0 saturated heterocycles. The minimum Gasteiger partial charge on any atom is -0.493 e. The zero-order chi connectivity index (χ0) is 15.0. The Balaban J connectivity index is 2.24. The summed E-state index contributed by atoms with van der Waals surface area (Å²) in [6, 6.07) is 4.02. The maximum atomic E-state index is 6.71. The van der Waals surface area contributed by atoms with E-state index in [4.69, 9.17) is 26.5 Å². The molecule has 2 N–H and O–H groups in total. The van der Waals surface area contributed by atoms with Crippen LogP contribution in [0.3, 0.4) is 0 Å². The average molecular weight is 308 g/mol. The first kappa shape index (κ1) is 14.7. The summed E-state index contributed by atoms with van der Waals surface area (Å²) in [5, 5.41) is 1.71. The Hall–Kier alpha value is -1.19. The van der Waals surface area contributed by atoms with Gasteiger partial charge in [-0.05, 0) is 37.5 Å². The molecule has 3 nitrogen and oxygen atoms in total. The van der Waals surface area contributed by atoms with Crippen LogP contribution in [-0.2, 0) is 5.41 Å². The maximum Gasteiger partial charge on any atom is 0.177 e. The van der Waals surface area contributed by atoms with Crippen molar-refractivity contribution in [2.45, 2.75) is 44.4 Å². The summed E-state index contributed by atoms with van der Waals surface area (Å²) in [6.45, 7) is 2.55. The highest BCUT2D eigenvalue weighted by atomic mass is 35.5.